The van der Waals surface area contributed by atoms with E-state index in [1.807, 2.05) is 30.3 Å². The molecule has 0 amide bonds. The quantitative estimate of drug-likeness (QED) is 0.113. The minimum atomic E-state index is -0.0626. The Hall–Kier alpha value is -13.4. The third-order valence-corrected chi connectivity index (χ3v) is 19.6. The van der Waals surface area contributed by atoms with Gasteiger partial charge in [0.05, 0.1) is 33.8 Å². The van der Waals surface area contributed by atoms with Gasteiger partial charge in [-0.15, -0.1) is 0 Å². The Labute approximate surface area is 579 Å². The van der Waals surface area contributed by atoms with Gasteiger partial charge in [0, 0.05) is 78.2 Å². The molecular formula is C91H59BN8. The lowest BCUT2D eigenvalue weighted by atomic mass is 9.33. The van der Waals surface area contributed by atoms with E-state index in [0.29, 0.717) is 23.3 Å². The SMILES string of the molecule is c1ccc(-c2ccc3c(c2)c2cc(-c4ccccc4)ccc2n3-c2ccc(-c3nc(-c4ccccc4)cc(-c4ccccc4)n3)cc2-c2nc(-c3ccccc3)nc(-c3cccc(-c4ccc5c6c4N(c4ccccc4)c4ccccc4B6c4ccccc4N5c4ccccc4)c3)n2)cc1. The van der Waals surface area contributed by atoms with Crippen LogP contribution in [0.15, 0.2) is 358 Å². The van der Waals surface area contributed by atoms with Gasteiger partial charge in [-0.1, -0.05) is 261 Å². The molecule has 14 aromatic carbocycles. The van der Waals surface area contributed by atoms with Crippen LogP contribution in [0.25, 0.3) is 129 Å². The molecule has 466 valence electrons. The first-order valence-electron chi connectivity index (χ1n) is 33.9. The van der Waals surface area contributed by atoms with Crippen molar-refractivity contribution in [2.24, 2.45) is 0 Å². The van der Waals surface area contributed by atoms with Gasteiger partial charge in [-0.05, 0) is 141 Å². The van der Waals surface area contributed by atoms with Gasteiger partial charge < -0.3 is 14.4 Å². The van der Waals surface area contributed by atoms with Gasteiger partial charge in [-0.2, -0.15) is 0 Å². The van der Waals surface area contributed by atoms with Crippen LogP contribution >= 0.6 is 0 Å². The number of nitrogens with zero attached hydrogens (tertiary/aromatic N) is 8. The topological polar surface area (TPSA) is 75.9 Å². The molecule has 0 atom stereocenters. The van der Waals surface area contributed by atoms with Crippen molar-refractivity contribution in [3.8, 4) is 107 Å². The molecule has 9 heteroatoms. The molecule has 3 aromatic heterocycles. The molecule has 0 saturated heterocycles. The number of para-hydroxylation sites is 4. The van der Waals surface area contributed by atoms with Crippen molar-refractivity contribution in [1.82, 2.24) is 29.5 Å². The lowest BCUT2D eigenvalue weighted by molar-refractivity contribution is 1.06. The molecule has 0 unspecified atom stereocenters. The third kappa shape index (κ3) is 10.1. The van der Waals surface area contributed by atoms with Crippen molar-refractivity contribution < 1.29 is 0 Å². The van der Waals surface area contributed by atoms with E-state index in [1.54, 1.807) is 0 Å². The average Bonchev–Trinajstić information content (AvgIpc) is 0.732. The predicted molar refractivity (Wildman–Crippen MR) is 413 cm³/mol. The number of fused-ring (bicyclic) bond motifs is 7. The third-order valence-electron chi connectivity index (χ3n) is 19.6. The van der Waals surface area contributed by atoms with E-state index in [1.165, 1.54) is 22.1 Å². The molecule has 0 saturated carbocycles. The first-order chi connectivity index (χ1) is 49.6. The van der Waals surface area contributed by atoms with E-state index in [0.717, 1.165) is 134 Å². The summed E-state index contributed by atoms with van der Waals surface area (Å²) in [6.07, 6.45) is 0. The summed E-state index contributed by atoms with van der Waals surface area (Å²) in [5.41, 5.74) is 26.9. The van der Waals surface area contributed by atoms with Crippen LogP contribution in [0.2, 0.25) is 0 Å². The van der Waals surface area contributed by atoms with Crippen LogP contribution in [0.4, 0.5) is 34.1 Å². The molecule has 19 rings (SSSR count). The average molecular weight is 1280 g/mol. The molecular weight excluding hydrogens is 1220 g/mol. The molecule has 8 nitrogen and oxygen atoms in total. The van der Waals surface area contributed by atoms with E-state index in [-0.39, 0.29) is 6.71 Å². The molecule has 2 aliphatic heterocycles. The maximum absolute atomic E-state index is 5.74. The Balaban J connectivity index is 0.853. The van der Waals surface area contributed by atoms with Crippen molar-refractivity contribution in [3.05, 3.63) is 358 Å². The minimum absolute atomic E-state index is 0.0626. The highest BCUT2D eigenvalue weighted by Gasteiger charge is 2.44. The number of anilines is 6. The molecule has 0 radical (unpaired) electrons. The lowest BCUT2D eigenvalue weighted by Crippen LogP contribution is -2.61. The molecule has 0 fully saturated rings. The molecule has 0 aliphatic carbocycles. The second-order valence-electron chi connectivity index (χ2n) is 25.5. The molecule has 100 heavy (non-hydrogen) atoms. The van der Waals surface area contributed by atoms with Gasteiger partial charge in [0.2, 0.25) is 0 Å². The summed E-state index contributed by atoms with van der Waals surface area (Å²) in [6.45, 7) is -0.0626. The standard InChI is InChI=1S/C91H59BN8/c1-8-27-60(28-9-1)65-47-51-80-73(56-65)74-57-66(61-29-10-2-11-30-61)48-52-81(74)100(80)82-53-49-69(89-93-78(62-31-12-3-13-32-62)59-79(94-89)63-33-14-4-15-34-63)58-75(82)91-96-88(64-35-16-5-17-36-64)95-90(97-91)68-38-26-37-67(55-68)72-50-54-85-86-87(72)99(71-41-20-7-21-42-71)84-46-25-23-44-77(84)92(86)76-43-22-24-45-83(76)98(85)70-39-18-6-19-40-70/h1-59H. The second kappa shape index (κ2) is 24.4. The van der Waals surface area contributed by atoms with Crippen molar-refractivity contribution in [2.75, 3.05) is 9.80 Å². The van der Waals surface area contributed by atoms with Crippen LogP contribution in [0.3, 0.4) is 0 Å². The smallest absolute Gasteiger partial charge is 0.252 e. The Morgan fingerprint density at radius 1 is 0.230 bits per heavy atom. The van der Waals surface area contributed by atoms with E-state index >= 15 is 0 Å². The fraction of sp³-hybridized carbons (Fsp3) is 0. The number of rotatable bonds is 12. The Kier molecular flexibility index (Phi) is 14.1. The highest BCUT2D eigenvalue weighted by molar-refractivity contribution is 7.00. The summed E-state index contributed by atoms with van der Waals surface area (Å²) in [4.78, 5) is 32.6. The molecule has 17 aromatic rings. The van der Waals surface area contributed by atoms with Crippen molar-refractivity contribution >= 4 is 79.0 Å². The van der Waals surface area contributed by atoms with Crippen molar-refractivity contribution in [1.29, 1.82) is 0 Å². The number of hydrogen-bond acceptors (Lipinski definition) is 7. The van der Waals surface area contributed by atoms with E-state index in [9.17, 15) is 0 Å². The summed E-state index contributed by atoms with van der Waals surface area (Å²) in [7, 11) is 0. The van der Waals surface area contributed by atoms with Crippen LogP contribution in [-0.4, -0.2) is 36.2 Å². The van der Waals surface area contributed by atoms with E-state index < -0.39 is 0 Å². The fourth-order valence-corrected chi connectivity index (χ4v) is 15.1. The number of hydrogen-bond donors (Lipinski definition) is 0. The monoisotopic (exact) mass is 1270 g/mol. The fourth-order valence-electron chi connectivity index (χ4n) is 15.1. The van der Waals surface area contributed by atoms with Gasteiger partial charge >= 0.3 is 0 Å². The molecule has 5 heterocycles. The first-order valence-corrected chi connectivity index (χ1v) is 33.9. The summed E-state index contributed by atoms with van der Waals surface area (Å²) in [5.74, 6) is 2.12. The highest BCUT2D eigenvalue weighted by atomic mass is 15.2. The largest absolute Gasteiger partial charge is 0.311 e. The summed E-state index contributed by atoms with van der Waals surface area (Å²) >= 11 is 0. The molecule has 0 spiro atoms. The zero-order valence-electron chi connectivity index (χ0n) is 54.2. The molecule has 0 N–H and O–H groups in total. The highest BCUT2D eigenvalue weighted by Crippen LogP contribution is 2.49. The van der Waals surface area contributed by atoms with Gasteiger partial charge in [0.1, 0.15) is 0 Å². The molecule has 0 bridgehead atoms. The van der Waals surface area contributed by atoms with Crippen molar-refractivity contribution in [2.45, 2.75) is 0 Å². The van der Waals surface area contributed by atoms with Gasteiger partial charge in [0.25, 0.3) is 6.71 Å². The van der Waals surface area contributed by atoms with Crippen LogP contribution in [0.5, 0.6) is 0 Å². The van der Waals surface area contributed by atoms with Crippen molar-refractivity contribution in [3.63, 3.8) is 0 Å². The lowest BCUT2D eigenvalue weighted by Gasteiger charge is -2.45. The molecule has 2 aliphatic rings. The zero-order valence-corrected chi connectivity index (χ0v) is 54.2. The summed E-state index contributed by atoms with van der Waals surface area (Å²) < 4.78 is 2.39. The van der Waals surface area contributed by atoms with Gasteiger partial charge in [-0.25, -0.2) is 24.9 Å². The van der Waals surface area contributed by atoms with Gasteiger partial charge in [-0.3, -0.25) is 0 Å². The predicted octanol–water partition coefficient (Wildman–Crippen LogP) is 20.8. The summed E-state index contributed by atoms with van der Waals surface area (Å²) in [5, 5.41) is 2.24. The van der Waals surface area contributed by atoms with Crippen LogP contribution in [0, 0.1) is 0 Å². The Bertz CT molecular complexity index is 5810. The number of benzene rings is 14. The Morgan fingerprint density at radius 3 is 1.20 bits per heavy atom. The van der Waals surface area contributed by atoms with E-state index in [4.69, 9.17) is 24.9 Å². The van der Waals surface area contributed by atoms with E-state index in [2.05, 4.69) is 342 Å². The normalized spacial score (nSPS) is 12.1. The summed E-state index contributed by atoms with van der Waals surface area (Å²) in [6, 6.07) is 127. The number of aromatic nitrogens is 6. The first kappa shape index (κ1) is 58.0. The van der Waals surface area contributed by atoms with Crippen LogP contribution in [-0.2, 0) is 0 Å². The van der Waals surface area contributed by atoms with Crippen LogP contribution in [0.1, 0.15) is 0 Å². The maximum Gasteiger partial charge on any atom is 0.252 e. The van der Waals surface area contributed by atoms with Gasteiger partial charge in [0.15, 0.2) is 23.3 Å². The Morgan fingerprint density at radius 2 is 0.640 bits per heavy atom. The zero-order chi connectivity index (χ0) is 66.0. The van der Waals surface area contributed by atoms with Crippen LogP contribution < -0.4 is 26.2 Å². The second-order valence-corrected chi connectivity index (χ2v) is 25.5. The maximum atomic E-state index is 5.74. The minimum Gasteiger partial charge on any atom is -0.311 e.